The minimum Gasteiger partial charge on any atom is -0.356 e. The third-order valence-electron chi connectivity index (χ3n) is 3.18. The Kier molecular flexibility index (Phi) is 4.71. The highest BCUT2D eigenvalue weighted by Crippen LogP contribution is 2.23. The van der Waals surface area contributed by atoms with Crippen molar-refractivity contribution in [2.45, 2.75) is 37.9 Å². The first-order chi connectivity index (χ1) is 8.29. The Balaban J connectivity index is 1.67. The number of nitrogens with one attached hydrogen (secondary N) is 1. The Morgan fingerprint density at radius 1 is 1.53 bits per heavy atom. The van der Waals surface area contributed by atoms with Gasteiger partial charge in [0.15, 0.2) is 5.17 Å². The third-order valence-corrected chi connectivity index (χ3v) is 4.39. The normalized spacial score (nSPS) is 23.9. The van der Waals surface area contributed by atoms with Crippen LogP contribution in [0.5, 0.6) is 0 Å². The maximum Gasteiger partial charge on any atom is 0.241 e. The molecule has 0 bridgehead atoms. The van der Waals surface area contributed by atoms with Gasteiger partial charge in [0.2, 0.25) is 5.91 Å². The quantitative estimate of drug-likeness (QED) is 0.827. The molecular weight excluding hydrogens is 234 g/mol. The van der Waals surface area contributed by atoms with Gasteiger partial charge in [0.25, 0.3) is 0 Å². The predicted octanol–water partition coefficient (Wildman–Crippen LogP) is 1.47. The summed E-state index contributed by atoms with van der Waals surface area (Å²) in [5, 5.41) is 4.74. The van der Waals surface area contributed by atoms with Gasteiger partial charge < -0.3 is 10.2 Å². The molecule has 2 rings (SSSR count). The number of aliphatic imine (C=N–C) groups is 1. The number of thioether (sulfide) groups is 1. The molecule has 2 aliphatic heterocycles. The standard InChI is InChI=1S/C12H21N3OS/c1-2-5-10-8-13-12(17-10)14-9-11(16)15-6-3-4-7-15/h10H,2-9H2,1H3,(H,13,14). The number of nitrogens with zero attached hydrogens (tertiary/aromatic N) is 2. The van der Waals surface area contributed by atoms with Crippen LogP contribution in [0.1, 0.15) is 32.6 Å². The Labute approximate surface area is 107 Å². The van der Waals surface area contributed by atoms with Crippen LogP contribution in [0, 0.1) is 0 Å². The summed E-state index contributed by atoms with van der Waals surface area (Å²) in [5.74, 6) is 0.213. The fourth-order valence-electron chi connectivity index (χ4n) is 2.22. The Morgan fingerprint density at radius 2 is 2.29 bits per heavy atom. The van der Waals surface area contributed by atoms with Gasteiger partial charge in [-0.2, -0.15) is 0 Å². The molecule has 4 nitrogen and oxygen atoms in total. The third kappa shape index (κ3) is 3.63. The van der Waals surface area contributed by atoms with Crippen molar-refractivity contribution in [2.75, 3.05) is 26.2 Å². The van der Waals surface area contributed by atoms with E-state index in [1.165, 1.54) is 12.8 Å². The molecule has 2 heterocycles. The molecule has 5 heteroatoms. The molecule has 96 valence electrons. The summed E-state index contributed by atoms with van der Waals surface area (Å²) < 4.78 is 0. The van der Waals surface area contributed by atoms with E-state index in [1.54, 1.807) is 11.8 Å². The molecular formula is C12H21N3OS. The number of hydrogen-bond acceptors (Lipinski definition) is 4. The lowest BCUT2D eigenvalue weighted by Crippen LogP contribution is -2.37. The molecule has 0 aliphatic carbocycles. The van der Waals surface area contributed by atoms with E-state index in [0.717, 1.165) is 37.6 Å². The molecule has 2 aliphatic rings. The lowest BCUT2D eigenvalue weighted by Gasteiger charge is -2.15. The van der Waals surface area contributed by atoms with Crippen molar-refractivity contribution in [3.8, 4) is 0 Å². The first kappa shape index (κ1) is 12.7. The van der Waals surface area contributed by atoms with Gasteiger partial charge in [0.1, 0.15) is 0 Å². The molecule has 1 saturated heterocycles. The number of carbonyl (C=O) groups excluding carboxylic acids is 1. The maximum absolute atomic E-state index is 11.8. The van der Waals surface area contributed by atoms with Crippen molar-refractivity contribution in [2.24, 2.45) is 4.99 Å². The van der Waals surface area contributed by atoms with E-state index < -0.39 is 0 Å². The summed E-state index contributed by atoms with van der Waals surface area (Å²) in [6.45, 7) is 5.36. The van der Waals surface area contributed by atoms with Gasteiger partial charge in [-0.3, -0.25) is 9.79 Å². The van der Waals surface area contributed by atoms with Gasteiger partial charge in [-0.15, -0.1) is 0 Å². The van der Waals surface area contributed by atoms with E-state index in [-0.39, 0.29) is 5.91 Å². The number of amidine groups is 1. The highest BCUT2D eigenvalue weighted by atomic mass is 32.2. The molecule has 0 aromatic rings. The summed E-state index contributed by atoms with van der Waals surface area (Å²) in [6.07, 6.45) is 4.71. The van der Waals surface area contributed by atoms with Gasteiger partial charge in [-0.05, 0) is 19.3 Å². The number of hydrogen-bond donors (Lipinski definition) is 1. The average molecular weight is 255 g/mol. The van der Waals surface area contributed by atoms with Crippen LogP contribution in [0.25, 0.3) is 0 Å². The van der Waals surface area contributed by atoms with Crippen molar-refractivity contribution < 1.29 is 4.79 Å². The van der Waals surface area contributed by atoms with Gasteiger partial charge in [-0.25, -0.2) is 0 Å². The highest BCUT2D eigenvalue weighted by Gasteiger charge is 2.21. The number of rotatable bonds is 4. The van der Waals surface area contributed by atoms with Crippen LogP contribution in [-0.4, -0.2) is 47.4 Å². The SMILES string of the molecule is CCCC1CN=C(NCC(=O)N2CCCC2)S1. The topological polar surface area (TPSA) is 44.7 Å². The second kappa shape index (κ2) is 6.28. The van der Waals surface area contributed by atoms with Crippen molar-refractivity contribution in [3.63, 3.8) is 0 Å². The summed E-state index contributed by atoms with van der Waals surface area (Å²) in [4.78, 5) is 18.2. The fraction of sp³-hybridized carbons (Fsp3) is 0.833. The van der Waals surface area contributed by atoms with Crippen molar-refractivity contribution in [3.05, 3.63) is 0 Å². The van der Waals surface area contributed by atoms with E-state index in [9.17, 15) is 4.79 Å². The van der Waals surface area contributed by atoms with Gasteiger partial charge >= 0.3 is 0 Å². The minimum atomic E-state index is 0.213. The second-order valence-corrected chi connectivity index (χ2v) is 5.90. The fourth-order valence-corrected chi connectivity index (χ4v) is 3.34. The monoisotopic (exact) mass is 255 g/mol. The van der Waals surface area contributed by atoms with E-state index in [2.05, 4.69) is 17.2 Å². The summed E-state index contributed by atoms with van der Waals surface area (Å²) in [7, 11) is 0. The lowest BCUT2D eigenvalue weighted by molar-refractivity contribution is -0.128. The summed E-state index contributed by atoms with van der Waals surface area (Å²) in [6, 6.07) is 0. The molecule has 0 aromatic carbocycles. The molecule has 0 radical (unpaired) electrons. The molecule has 17 heavy (non-hydrogen) atoms. The van der Waals surface area contributed by atoms with Crippen LogP contribution in [-0.2, 0) is 4.79 Å². The van der Waals surface area contributed by atoms with Crippen LogP contribution in [0.2, 0.25) is 0 Å². The summed E-state index contributed by atoms with van der Waals surface area (Å²) >= 11 is 1.79. The predicted molar refractivity (Wildman–Crippen MR) is 72.4 cm³/mol. The largest absolute Gasteiger partial charge is 0.356 e. The van der Waals surface area contributed by atoms with Crippen LogP contribution >= 0.6 is 11.8 Å². The lowest BCUT2D eigenvalue weighted by atomic mass is 10.2. The number of likely N-dealkylation sites (tertiary alicyclic amines) is 1. The molecule has 1 amide bonds. The summed E-state index contributed by atoms with van der Waals surface area (Å²) in [5.41, 5.74) is 0. The second-order valence-electron chi connectivity index (χ2n) is 4.62. The number of carbonyl (C=O) groups is 1. The van der Waals surface area contributed by atoms with E-state index in [0.29, 0.717) is 11.8 Å². The Hall–Kier alpha value is -0.710. The zero-order valence-corrected chi connectivity index (χ0v) is 11.3. The van der Waals surface area contributed by atoms with Crippen LogP contribution in [0.4, 0.5) is 0 Å². The molecule has 0 aromatic heterocycles. The van der Waals surface area contributed by atoms with Crippen molar-refractivity contribution in [1.82, 2.24) is 10.2 Å². The van der Waals surface area contributed by atoms with Crippen molar-refractivity contribution >= 4 is 22.8 Å². The molecule has 0 saturated carbocycles. The van der Waals surface area contributed by atoms with Crippen LogP contribution in [0.3, 0.4) is 0 Å². The van der Waals surface area contributed by atoms with Crippen LogP contribution in [0.15, 0.2) is 4.99 Å². The highest BCUT2D eigenvalue weighted by molar-refractivity contribution is 8.14. The zero-order valence-electron chi connectivity index (χ0n) is 10.4. The van der Waals surface area contributed by atoms with E-state index in [4.69, 9.17) is 0 Å². The van der Waals surface area contributed by atoms with Gasteiger partial charge in [0, 0.05) is 18.3 Å². The molecule has 1 atom stereocenters. The Morgan fingerprint density at radius 3 is 3.00 bits per heavy atom. The number of amides is 1. The first-order valence-electron chi connectivity index (χ1n) is 6.52. The smallest absolute Gasteiger partial charge is 0.241 e. The minimum absolute atomic E-state index is 0.213. The Bertz CT molecular complexity index is 300. The molecule has 1 N–H and O–H groups in total. The first-order valence-corrected chi connectivity index (χ1v) is 7.40. The molecule has 0 spiro atoms. The average Bonchev–Trinajstić information content (AvgIpc) is 2.97. The zero-order chi connectivity index (χ0) is 12.1. The molecule has 1 fully saturated rings. The van der Waals surface area contributed by atoms with Crippen molar-refractivity contribution in [1.29, 1.82) is 0 Å². The van der Waals surface area contributed by atoms with Gasteiger partial charge in [0.05, 0.1) is 13.1 Å². The maximum atomic E-state index is 11.8. The molecule has 1 unspecified atom stereocenters. The van der Waals surface area contributed by atoms with Crippen LogP contribution < -0.4 is 5.32 Å². The van der Waals surface area contributed by atoms with Gasteiger partial charge in [-0.1, -0.05) is 25.1 Å². The van der Waals surface area contributed by atoms with E-state index >= 15 is 0 Å². The van der Waals surface area contributed by atoms with E-state index in [1.807, 2.05) is 4.90 Å².